The van der Waals surface area contributed by atoms with Gasteiger partial charge in [-0.25, -0.2) is 14.5 Å². The van der Waals surface area contributed by atoms with Crippen LogP contribution in [0.5, 0.6) is 11.5 Å². The minimum Gasteiger partial charge on any atom is -0.493 e. The first-order chi connectivity index (χ1) is 21.2. The van der Waals surface area contributed by atoms with E-state index in [1.54, 1.807) is 55.8 Å². The molecule has 0 radical (unpaired) electrons. The smallest absolute Gasteiger partial charge is 0.493 e. The van der Waals surface area contributed by atoms with Gasteiger partial charge in [-0.3, -0.25) is 4.79 Å². The van der Waals surface area contributed by atoms with Crippen molar-refractivity contribution in [2.24, 2.45) is 17.8 Å². The Morgan fingerprint density at radius 1 is 0.957 bits per heavy atom. The van der Waals surface area contributed by atoms with E-state index in [1.807, 2.05) is 18.2 Å². The highest BCUT2D eigenvalue weighted by Crippen LogP contribution is 2.39. The lowest BCUT2D eigenvalue weighted by molar-refractivity contribution is -0.161. The van der Waals surface area contributed by atoms with Crippen molar-refractivity contribution >= 4 is 18.2 Å². The maximum absolute atomic E-state index is 14.0. The molecule has 0 aliphatic carbocycles. The Morgan fingerprint density at radius 3 is 2.11 bits per heavy atom. The molecule has 1 fully saturated rings. The lowest BCUT2D eigenvalue weighted by Gasteiger charge is -2.46. The maximum atomic E-state index is 14.0. The highest BCUT2D eigenvalue weighted by molar-refractivity contribution is 5.95. The SMILES string of the molecule is COCCCOc1cc(C[C@@H](C[C@H]2[C@@H](OC(=O)OC(C)(C)C)CC(C(C)(C)O)C(=O)N2C(=O)OC(C)(C)C)C(C)C)ccc1OC. The molecule has 0 aromatic heterocycles. The van der Waals surface area contributed by atoms with Gasteiger partial charge in [0.15, 0.2) is 11.5 Å². The molecule has 4 atom stereocenters. The van der Waals surface area contributed by atoms with E-state index in [-0.39, 0.29) is 18.3 Å². The molecule has 2 rings (SSSR count). The van der Waals surface area contributed by atoms with Crippen LogP contribution in [-0.2, 0) is 30.2 Å². The summed E-state index contributed by atoms with van der Waals surface area (Å²) < 4.78 is 33.7. The average Bonchev–Trinajstić information content (AvgIpc) is 2.89. The van der Waals surface area contributed by atoms with E-state index >= 15 is 0 Å². The minimum atomic E-state index is -1.50. The summed E-state index contributed by atoms with van der Waals surface area (Å²) in [4.78, 5) is 41.8. The summed E-state index contributed by atoms with van der Waals surface area (Å²) in [6, 6.07) is 4.89. The fraction of sp³-hybridized carbons (Fsp3) is 0.743. The highest BCUT2D eigenvalue weighted by atomic mass is 16.7. The van der Waals surface area contributed by atoms with Gasteiger partial charge in [-0.2, -0.15) is 0 Å². The van der Waals surface area contributed by atoms with Crippen LogP contribution in [0.4, 0.5) is 9.59 Å². The summed E-state index contributed by atoms with van der Waals surface area (Å²) in [5.74, 6) is -0.338. The number of imide groups is 1. The van der Waals surface area contributed by atoms with Gasteiger partial charge in [0.25, 0.3) is 0 Å². The third kappa shape index (κ3) is 12.0. The summed E-state index contributed by atoms with van der Waals surface area (Å²) in [5.41, 5.74) is -2.25. The number of hydrogen-bond acceptors (Lipinski definition) is 10. The highest BCUT2D eigenvalue weighted by Gasteiger charge is 2.52. The van der Waals surface area contributed by atoms with E-state index in [0.717, 1.165) is 16.9 Å². The molecule has 1 aliphatic rings. The molecule has 0 spiro atoms. The second kappa shape index (κ2) is 16.2. The molecular weight excluding hydrogens is 594 g/mol. The molecule has 11 heteroatoms. The van der Waals surface area contributed by atoms with Crippen LogP contribution in [0, 0.1) is 17.8 Å². The number of likely N-dealkylation sites (tertiary alicyclic amines) is 1. The third-order valence-corrected chi connectivity index (χ3v) is 7.81. The number of rotatable bonds is 13. The van der Waals surface area contributed by atoms with Gasteiger partial charge in [-0.1, -0.05) is 19.9 Å². The van der Waals surface area contributed by atoms with Gasteiger partial charge in [0.05, 0.1) is 31.3 Å². The summed E-state index contributed by atoms with van der Waals surface area (Å²) in [5, 5.41) is 11.0. The fourth-order valence-corrected chi connectivity index (χ4v) is 5.45. The van der Waals surface area contributed by atoms with Crippen LogP contribution in [0.15, 0.2) is 18.2 Å². The molecular formula is C35H57NO10. The van der Waals surface area contributed by atoms with Crippen LogP contribution in [0.2, 0.25) is 0 Å². The van der Waals surface area contributed by atoms with Crippen LogP contribution in [0.3, 0.4) is 0 Å². The zero-order chi connectivity index (χ0) is 35.0. The van der Waals surface area contributed by atoms with Crippen LogP contribution in [-0.4, -0.2) is 84.5 Å². The molecule has 1 aromatic carbocycles. The molecule has 1 aromatic rings. The number of ether oxygens (including phenoxy) is 6. The normalized spacial score (nSPS) is 19.9. The van der Waals surface area contributed by atoms with Crippen LogP contribution < -0.4 is 9.47 Å². The summed E-state index contributed by atoms with van der Waals surface area (Å²) in [6.45, 7) is 18.5. The maximum Gasteiger partial charge on any atom is 0.509 e. The van der Waals surface area contributed by atoms with Gasteiger partial charge in [-0.15, -0.1) is 0 Å². The molecule has 11 nitrogen and oxygen atoms in total. The predicted molar refractivity (Wildman–Crippen MR) is 174 cm³/mol. The third-order valence-electron chi connectivity index (χ3n) is 7.81. The Morgan fingerprint density at radius 2 is 1.59 bits per heavy atom. The van der Waals surface area contributed by atoms with Gasteiger partial charge < -0.3 is 33.5 Å². The number of hydrogen-bond donors (Lipinski definition) is 1. The number of aliphatic hydroxyl groups is 1. The Kier molecular flexibility index (Phi) is 13.8. The van der Waals surface area contributed by atoms with Crippen LogP contribution in [0.1, 0.15) is 94.1 Å². The number of carbonyl (C=O) groups excluding carboxylic acids is 3. The van der Waals surface area contributed by atoms with Crippen molar-refractivity contribution in [2.45, 2.75) is 124 Å². The summed E-state index contributed by atoms with van der Waals surface area (Å²) >= 11 is 0. The van der Waals surface area contributed by atoms with Crippen molar-refractivity contribution in [1.82, 2.24) is 4.90 Å². The summed E-state index contributed by atoms with van der Waals surface area (Å²) in [7, 11) is 3.23. The van der Waals surface area contributed by atoms with Gasteiger partial charge in [-0.05, 0) is 97.8 Å². The lowest BCUT2D eigenvalue weighted by atomic mass is 9.75. The molecule has 1 heterocycles. The van der Waals surface area contributed by atoms with E-state index in [0.29, 0.717) is 37.6 Å². The molecule has 262 valence electrons. The molecule has 0 saturated carbocycles. The van der Waals surface area contributed by atoms with Gasteiger partial charge >= 0.3 is 12.2 Å². The lowest BCUT2D eigenvalue weighted by Crippen LogP contribution is -2.62. The second-order valence-electron chi connectivity index (χ2n) is 14.9. The predicted octanol–water partition coefficient (Wildman–Crippen LogP) is 6.56. The Balaban J connectivity index is 2.54. The van der Waals surface area contributed by atoms with E-state index in [2.05, 4.69) is 13.8 Å². The zero-order valence-electron chi connectivity index (χ0n) is 29.9. The van der Waals surface area contributed by atoms with Crippen molar-refractivity contribution in [3.05, 3.63) is 23.8 Å². The number of methoxy groups -OCH3 is 2. The average molecular weight is 652 g/mol. The fourth-order valence-electron chi connectivity index (χ4n) is 5.45. The first-order valence-corrected chi connectivity index (χ1v) is 16.1. The quantitative estimate of drug-likeness (QED) is 0.185. The second-order valence-corrected chi connectivity index (χ2v) is 14.9. The molecule has 46 heavy (non-hydrogen) atoms. The number of piperidine rings is 1. The molecule has 1 unspecified atom stereocenters. The van der Waals surface area contributed by atoms with Crippen LogP contribution in [0.25, 0.3) is 0 Å². The van der Waals surface area contributed by atoms with E-state index in [9.17, 15) is 19.5 Å². The number of benzene rings is 1. The molecule has 1 aliphatic heterocycles. The van der Waals surface area contributed by atoms with Crippen molar-refractivity contribution in [1.29, 1.82) is 0 Å². The number of carbonyl (C=O) groups is 3. The number of nitrogens with zero attached hydrogens (tertiary/aromatic N) is 1. The van der Waals surface area contributed by atoms with E-state index in [4.69, 9.17) is 28.4 Å². The van der Waals surface area contributed by atoms with Crippen molar-refractivity contribution < 1.29 is 47.9 Å². The van der Waals surface area contributed by atoms with Crippen LogP contribution >= 0.6 is 0 Å². The topological polar surface area (TPSA) is 130 Å². The molecule has 1 N–H and O–H groups in total. The van der Waals surface area contributed by atoms with Crippen molar-refractivity contribution in [2.75, 3.05) is 27.4 Å². The van der Waals surface area contributed by atoms with E-state index < -0.39 is 53.0 Å². The Labute approximate surface area is 275 Å². The minimum absolute atomic E-state index is 0.0123. The largest absolute Gasteiger partial charge is 0.509 e. The molecule has 1 saturated heterocycles. The Hall–Kier alpha value is -3.05. The van der Waals surface area contributed by atoms with Gasteiger partial charge in [0, 0.05) is 26.6 Å². The first kappa shape index (κ1) is 39.1. The van der Waals surface area contributed by atoms with Gasteiger partial charge in [0.2, 0.25) is 5.91 Å². The number of amides is 2. The van der Waals surface area contributed by atoms with Crippen molar-refractivity contribution in [3.63, 3.8) is 0 Å². The van der Waals surface area contributed by atoms with Gasteiger partial charge in [0.1, 0.15) is 17.3 Å². The monoisotopic (exact) mass is 651 g/mol. The zero-order valence-corrected chi connectivity index (χ0v) is 29.9. The molecule has 2 amide bonds. The standard InChI is InChI=1S/C35H57NO10/c1-22(2)24(18-23-14-15-27(42-12)29(19-23)43-17-13-16-41-11)20-26-28(44-32(39)46-34(6,7)8)21-25(35(9,10)40)30(37)36(26)31(38)45-33(3,4)5/h14-15,19,22,24-26,28,40H,13,16-18,20-21H2,1-12H3/t24-,25?,26-,28-/m0/s1. The molecule has 0 bridgehead atoms. The van der Waals surface area contributed by atoms with Crippen molar-refractivity contribution in [3.8, 4) is 11.5 Å². The Bertz CT molecular complexity index is 1160. The first-order valence-electron chi connectivity index (χ1n) is 16.1. The van der Waals surface area contributed by atoms with E-state index in [1.165, 1.54) is 13.8 Å². The summed E-state index contributed by atoms with van der Waals surface area (Å²) in [6.07, 6.45) is -1.09.